The van der Waals surface area contributed by atoms with Gasteiger partial charge >= 0.3 is 6.61 Å². The number of carbonyl (C=O) groups is 1. The molecule has 26 heavy (non-hydrogen) atoms. The van der Waals surface area contributed by atoms with Crippen molar-refractivity contribution in [2.24, 2.45) is 0 Å². The number of hydrogen-bond donors (Lipinski definition) is 1. The van der Waals surface area contributed by atoms with Crippen molar-refractivity contribution in [3.63, 3.8) is 0 Å². The van der Waals surface area contributed by atoms with Gasteiger partial charge in [-0.2, -0.15) is 8.78 Å². The molecule has 140 valence electrons. The molecular weight excluding hydrogens is 342 g/mol. The fraction of sp³-hybridized carbons (Fsp3) is 0.316. The first-order valence-corrected chi connectivity index (χ1v) is 8.03. The van der Waals surface area contributed by atoms with Crippen molar-refractivity contribution < 1.29 is 23.0 Å². The molecule has 0 atom stereocenters. The minimum absolute atomic E-state index is 0.0750. The van der Waals surface area contributed by atoms with E-state index in [9.17, 15) is 13.6 Å². The largest absolute Gasteiger partial charge is 0.493 e. The Bertz CT molecular complexity index is 751. The fourth-order valence-corrected chi connectivity index (χ4v) is 2.50. The summed E-state index contributed by atoms with van der Waals surface area (Å²) >= 11 is 0. The summed E-state index contributed by atoms with van der Waals surface area (Å²) in [6.45, 7) is -1.84. The average molecular weight is 364 g/mol. The maximum absolute atomic E-state index is 12.4. The van der Waals surface area contributed by atoms with Crippen LogP contribution in [0.1, 0.15) is 21.5 Å². The Morgan fingerprint density at radius 1 is 1.12 bits per heavy atom. The van der Waals surface area contributed by atoms with Crippen LogP contribution in [-0.2, 0) is 13.1 Å². The smallest absolute Gasteiger partial charge is 0.387 e. The van der Waals surface area contributed by atoms with Crippen LogP contribution in [-0.4, -0.2) is 38.6 Å². The molecule has 0 heterocycles. The summed E-state index contributed by atoms with van der Waals surface area (Å²) in [5, 5.41) is 2.84. The Morgan fingerprint density at radius 2 is 1.81 bits per heavy atom. The first-order chi connectivity index (χ1) is 12.4. The number of amides is 1. The van der Waals surface area contributed by atoms with E-state index < -0.39 is 6.61 Å². The van der Waals surface area contributed by atoms with E-state index in [-0.39, 0.29) is 17.4 Å². The van der Waals surface area contributed by atoms with Gasteiger partial charge in [0.1, 0.15) is 0 Å². The fourth-order valence-electron chi connectivity index (χ4n) is 2.50. The number of carbonyl (C=O) groups excluding carboxylic acids is 1. The molecule has 0 aliphatic rings. The molecule has 0 fully saturated rings. The molecular formula is C19H22F2N2O3. The molecule has 0 unspecified atom stereocenters. The van der Waals surface area contributed by atoms with Crippen molar-refractivity contribution in [1.82, 2.24) is 10.2 Å². The van der Waals surface area contributed by atoms with Crippen molar-refractivity contribution in [2.45, 2.75) is 19.7 Å². The van der Waals surface area contributed by atoms with Gasteiger partial charge in [0.05, 0.1) is 7.11 Å². The van der Waals surface area contributed by atoms with Crippen LogP contribution < -0.4 is 14.8 Å². The van der Waals surface area contributed by atoms with Crippen LogP contribution in [0.3, 0.4) is 0 Å². The topological polar surface area (TPSA) is 50.8 Å². The molecule has 0 aliphatic carbocycles. The van der Waals surface area contributed by atoms with Gasteiger partial charge in [-0.25, -0.2) is 0 Å². The molecule has 0 saturated heterocycles. The van der Waals surface area contributed by atoms with E-state index in [1.54, 1.807) is 0 Å². The minimum Gasteiger partial charge on any atom is -0.493 e. The molecule has 0 bridgehead atoms. The quantitative estimate of drug-likeness (QED) is 0.781. The highest BCUT2D eigenvalue weighted by Crippen LogP contribution is 2.29. The van der Waals surface area contributed by atoms with Gasteiger partial charge in [-0.1, -0.05) is 24.3 Å². The number of halogens is 2. The van der Waals surface area contributed by atoms with Crippen LogP contribution in [0.4, 0.5) is 8.78 Å². The summed E-state index contributed by atoms with van der Waals surface area (Å²) in [4.78, 5) is 14.4. The van der Waals surface area contributed by atoms with Gasteiger partial charge in [-0.15, -0.1) is 0 Å². The molecule has 2 aromatic carbocycles. The first-order valence-electron chi connectivity index (χ1n) is 8.03. The Hall–Kier alpha value is -2.67. The predicted octanol–water partition coefficient (Wildman–Crippen LogP) is 3.29. The summed E-state index contributed by atoms with van der Waals surface area (Å²) in [5.41, 5.74) is 2.43. The lowest BCUT2D eigenvalue weighted by molar-refractivity contribution is -0.0512. The second kappa shape index (κ2) is 9.15. The van der Waals surface area contributed by atoms with Crippen LogP contribution in [0.25, 0.3) is 0 Å². The first kappa shape index (κ1) is 19.7. The second-order valence-electron chi connectivity index (χ2n) is 5.93. The Labute approximate surface area is 151 Å². The lowest BCUT2D eigenvalue weighted by atomic mass is 10.1. The maximum atomic E-state index is 12.4. The predicted molar refractivity (Wildman–Crippen MR) is 94.6 cm³/mol. The molecule has 0 spiro atoms. The van der Waals surface area contributed by atoms with Gasteiger partial charge in [0.15, 0.2) is 11.5 Å². The summed E-state index contributed by atoms with van der Waals surface area (Å²) in [6.07, 6.45) is 0. The van der Waals surface area contributed by atoms with Crippen LogP contribution >= 0.6 is 0 Å². The standard InChI is InChI=1S/C19H22F2N2O3/c1-23(2)12-15-7-5-4-6-14(15)11-22-18(24)13-8-9-16(26-19(20)21)17(10-13)25-3/h4-10,19H,11-12H2,1-3H3,(H,22,24). The normalized spacial score (nSPS) is 10.9. The zero-order valence-electron chi connectivity index (χ0n) is 15.0. The maximum Gasteiger partial charge on any atom is 0.387 e. The van der Waals surface area contributed by atoms with E-state index in [1.165, 1.54) is 25.3 Å². The SMILES string of the molecule is COc1cc(C(=O)NCc2ccccc2CN(C)C)ccc1OC(F)F. The Balaban J connectivity index is 2.09. The molecule has 2 rings (SSSR count). The second-order valence-corrected chi connectivity index (χ2v) is 5.93. The van der Waals surface area contributed by atoms with E-state index in [4.69, 9.17) is 4.74 Å². The summed E-state index contributed by atoms with van der Waals surface area (Å²) < 4.78 is 34.1. The number of benzene rings is 2. The Kier molecular flexibility index (Phi) is 6.91. The van der Waals surface area contributed by atoms with Gasteiger partial charge in [-0.3, -0.25) is 4.79 Å². The number of rotatable bonds is 8. The zero-order valence-corrected chi connectivity index (χ0v) is 15.0. The van der Waals surface area contributed by atoms with Gasteiger partial charge in [-0.05, 0) is 43.4 Å². The van der Waals surface area contributed by atoms with Gasteiger partial charge in [0.25, 0.3) is 5.91 Å². The van der Waals surface area contributed by atoms with Gasteiger partial charge < -0.3 is 19.7 Å². The third kappa shape index (κ3) is 5.42. The van der Waals surface area contributed by atoms with Crippen LogP contribution in [0, 0.1) is 0 Å². The molecule has 5 nitrogen and oxygen atoms in total. The monoisotopic (exact) mass is 364 g/mol. The van der Waals surface area contributed by atoms with E-state index in [2.05, 4.69) is 10.1 Å². The molecule has 1 N–H and O–H groups in total. The third-order valence-electron chi connectivity index (χ3n) is 3.69. The highest BCUT2D eigenvalue weighted by atomic mass is 19.3. The number of methoxy groups -OCH3 is 1. The number of nitrogens with zero attached hydrogens (tertiary/aromatic N) is 1. The molecule has 0 radical (unpaired) electrons. The van der Waals surface area contributed by atoms with Crippen LogP contribution in [0.15, 0.2) is 42.5 Å². The van der Waals surface area contributed by atoms with Crippen molar-refractivity contribution in [3.05, 3.63) is 59.2 Å². The van der Waals surface area contributed by atoms with Gasteiger partial charge in [0.2, 0.25) is 0 Å². The van der Waals surface area contributed by atoms with Crippen LogP contribution in [0.5, 0.6) is 11.5 Å². The summed E-state index contributed by atoms with van der Waals surface area (Å²) in [6, 6.07) is 11.9. The molecule has 0 saturated carbocycles. The number of hydrogen-bond acceptors (Lipinski definition) is 4. The van der Waals surface area contributed by atoms with Crippen molar-refractivity contribution in [2.75, 3.05) is 21.2 Å². The molecule has 1 amide bonds. The average Bonchev–Trinajstić information content (AvgIpc) is 2.60. The van der Waals surface area contributed by atoms with E-state index in [0.29, 0.717) is 12.1 Å². The number of alkyl halides is 2. The highest BCUT2D eigenvalue weighted by Gasteiger charge is 2.14. The zero-order chi connectivity index (χ0) is 19.1. The Morgan fingerprint density at radius 3 is 2.42 bits per heavy atom. The number of nitrogens with one attached hydrogen (secondary N) is 1. The van der Waals surface area contributed by atoms with E-state index in [1.807, 2.05) is 43.3 Å². The summed E-state index contributed by atoms with van der Waals surface area (Å²) in [5.74, 6) is -0.368. The molecule has 0 aromatic heterocycles. The van der Waals surface area contributed by atoms with Crippen molar-refractivity contribution in [3.8, 4) is 11.5 Å². The minimum atomic E-state index is -2.96. The highest BCUT2D eigenvalue weighted by molar-refractivity contribution is 5.94. The van der Waals surface area contributed by atoms with E-state index in [0.717, 1.165) is 17.7 Å². The number of ether oxygens (including phenoxy) is 2. The summed E-state index contributed by atoms with van der Waals surface area (Å²) in [7, 11) is 5.28. The van der Waals surface area contributed by atoms with Crippen LogP contribution in [0.2, 0.25) is 0 Å². The van der Waals surface area contributed by atoms with Gasteiger partial charge in [0, 0.05) is 18.7 Å². The lowest BCUT2D eigenvalue weighted by Crippen LogP contribution is -2.24. The van der Waals surface area contributed by atoms with E-state index >= 15 is 0 Å². The lowest BCUT2D eigenvalue weighted by Gasteiger charge is -2.15. The molecule has 7 heteroatoms. The molecule has 2 aromatic rings. The van der Waals surface area contributed by atoms with Crippen molar-refractivity contribution in [1.29, 1.82) is 0 Å². The third-order valence-corrected chi connectivity index (χ3v) is 3.69. The molecule has 0 aliphatic heterocycles. The van der Waals surface area contributed by atoms with Crippen molar-refractivity contribution >= 4 is 5.91 Å².